The Balaban J connectivity index is 1.95. The zero-order valence-electron chi connectivity index (χ0n) is 12.5. The molecular weight excluding hydrogens is 262 g/mol. The molecular formula is C18H21NO2. The maximum atomic E-state index is 11.9. The molecule has 3 heteroatoms. The SMILES string of the molecule is CCC(C)c1ccccc1OCC(=O)Nc1ccccc1. The van der Waals surface area contributed by atoms with Crippen LogP contribution >= 0.6 is 0 Å². The molecule has 0 radical (unpaired) electrons. The molecule has 0 aromatic heterocycles. The van der Waals surface area contributed by atoms with E-state index in [0.29, 0.717) is 5.92 Å². The van der Waals surface area contributed by atoms with Crippen LogP contribution < -0.4 is 10.1 Å². The molecule has 0 fully saturated rings. The minimum absolute atomic E-state index is 0.0162. The molecule has 110 valence electrons. The number of para-hydroxylation sites is 2. The van der Waals surface area contributed by atoms with Crippen LogP contribution in [0.5, 0.6) is 5.75 Å². The number of rotatable bonds is 6. The highest BCUT2D eigenvalue weighted by atomic mass is 16.5. The summed E-state index contributed by atoms with van der Waals surface area (Å²) in [6.45, 7) is 4.32. The van der Waals surface area contributed by atoms with Crippen molar-refractivity contribution in [2.45, 2.75) is 26.2 Å². The van der Waals surface area contributed by atoms with Crippen LogP contribution in [0.1, 0.15) is 31.7 Å². The van der Waals surface area contributed by atoms with Gasteiger partial charge in [-0.1, -0.05) is 50.2 Å². The number of hydrogen-bond donors (Lipinski definition) is 1. The van der Waals surface area contributed by atoms with E-state index >= 15 is 0 Å². The molecule has 21 heavy (non-hydrogen) atoms. The molecule has 2 aromatic rings. The molecule has 0 saturated carbocycles. The Bertz CT molecular complexity index is 581. The molecule has 1 atom stereocenters. The summed E-state index contributed by atoms with van der Waals surface area (Å²) in [4.78, 5) is 11.9. The van der Waals surface area contributed by atoms with Crippen LogP contribution in [-0.4, -0.2) is 12.5 Å². The van der Waals surface area contributed by atoms with Crippen molar-refractivity contribution in [2.75, 3.05) is 11.9 Å². The summed E-state index contributed by atoms with van der Waals surface area (Å²) in [5, 5.41) is 2.81. The van der Waals surface area contributed by atoms with Crippen molar-refractivity contribution in [1.82, 2.24) is 0 Å². The fourth-order valence-electron chi connectivity index (χ4n) is 2.10. The first kappa shape index (κ1) is 15.1. The summed E-state index contributed by atoms with van der Waals surface area (Å²) < 4.78 is 5.68. The summed E-state index contributed by atoms with van der Waals surface area (Å²) in [6, 6.07) is 17.3. The van der Waals surface area contributed by atoms with Gasteiger partial charge in [0.1, 0.15) is 5.75 Å². The van der Waals surface area contributed by atoms with E-state index in [0.717, 1.165) is 23.4 Å². The number of ether oxygens (including phenoxy) is 1. The fourth-order valence-corrected chi connectivity index (χ4v) is 2.10. The summed E-state index contributed by atoms with van der Waals surface area (Å²) in [5.41, 5.74) is 1.92. The lowest BCUT2D eigenvalue weighted by Gasteiger charge is -2.15. The predicted molar refractivity (Wildman–Crippen MR) is 85.7 cm³/mol. The summed E-state index contributed by atoms with van der Waals surface area (Å²) in [6.07, 6.45) is 1.04. The first-order chi connectivity index (χ1) is 10.2. The number of carbonyl (C=O) groups excluding carboxylic acids is 1. The average Bonchev–Trinajstić information content (AvgIpc) is 2.53. The summed E-state index contributed by atoms with van der Waals surface area (Å²) in [5.74, 6) is 1.05. The third-order valence-corrected chi connectivity index (χ3v) is 3.48. The van der Waals surface area contributed by atoms with Crippen LogP contribution in [0.25, 0.3) is 0 Å². The van der Waals surface area contributed by atoms with Crippen LogP contribution in [0.4, 0.5) is 5.69 Å². The summed E-state index contributed by atoms with van der Waals surface area (Å²) in [7, 11) is 0. The van der Waals surface area contributed by atoms with Crippen molar-refractivity contribution in [2.24, 2.45) is 0 Å². The number of amides is 1. The molecule has 0 aliphatic carbocycles. The van der Waals surface area contributed by atoms with Crippen molar-refractivity contribution in [3.05, 3.63) is 60.2 Å². The molecule has 0 heterocycles. The Hall–Kier alpha value is -2.29. The Kier molecular flexibility index (Phi) is 5.38. The molecule has 0 aliphatic heterocycles. The van der Waals surface area contributed by atoms with Crippen molar-refractivity contribution in [1.29, 1.82) is 0 Å². The Morgan fingerprint density at radius 1 is 1.10 bits per heavy atom. The van der Waals surface area contributed by atoms with Crippen LogP contribution in [0, 0.1) is 0 Å². The van der Waals surface area contributed by atoms with Crippen molar-refractivity contribution in [3.63, 3.8) is 0 Å². The minimum Gasteiger partial charge on any atom is -0.483 e. The monoisotopic (exact) mass is 283 g/mol. The zero-order valence-corrected chi connectivity index (χ0v) is 12.5. The molecule has 1 amide bonds. The Morgan fingerprint density at radius 2 is 1.76 bits per heavy atom. The smallest absolute Gasteiger partial charge is 0.262 e. The second kappa shape index (κ2) is 7.48. The van der Waals surface area contributed by atoms with Crippen LogP contribution in [0.15, 0.2) is 54.6 Å². The van der Waals surface area contributed by atoms with Gasteiger partial charge in [0, 0.05) is 5.69 Å². The van der Waals surface area contributed by atoms with E-state index in [-0.39, 0.29) is 12.5 Å². The van der Waals surface area contributed by atoms with Gasteiger partial charge in [0.15, 0.2) is 6.61 Å². The second-order valence-electron chi connectivity index (χ2n) is 5.05. The van der Waals surface area contributed by atoms with Gasteiger partial charge in [-0.05, 0) is 36.1 Å². The highest BCUT2D eigenvalue weighted by molar-refractivity contribution is 5.91. The minimum atomic E-state index is -0.153. The van der Waals surface area contributed by atoms with E-state index in [1.807, 2.05) is 48.5 Å². The van der Waals surface area contributed by atoms with Crippen LogP contribution in [-0.2, 0) is 4.79 Å². The molecule has 2 rings (SSSR count). The van der Waals surface area contributed by atoms with Gasteiger partial charge in [0.25, 0.3) is 5.91 Å². The molecule has 2 aromatic carbocycles. The zero-order chi connectivity index (χ0) is 15.1. The average molecular weight is 283 g/mol. The van der Waals surface area contributed by atoms with Gasteiger partial charge in [0.2, 0.25) is 0 Å². The van der Waals surface area contributed by atoms with Gasteiger partial charge in [-0.15, -0.1) is 0 Å². The van der Waals surface area contributed by atoms with Crippen molar-refractivity contribution < 1.29 is 9.53 Å². The van der Waals surface area contributed by atoms with Crippen molar-refractivity contribution >= 4 is 11.6 Å². The lowest BCUT2D eigenvalue weighted by atomic mass is 9.98. The van der Waals surface area contributed by atoms with Crippen LogP contribution in [0.2, 0.25) is 0 Å². The normalized spacial score (nSPS) is 11.7. The lowest BCUT2D eigenvalue weighted by Crippen LogP contribution is -2.20. The summed E-state index contributed by atoms with van der Waals surface area (Å²) >= 11 is 0. The Morgan fingerprint density at radius 3 is 2.48 bits per heavy atom. The quantitative estimate of drug-likeness (QED) is 0.862. The van der Waals surface area contributed by atoms with E-state index in [9.17, 15) is 4.79 Å². The van der Waals surface area contributed by atoms with Gasteiger partial charge in [-0.25, -0.2) is 0 Å². The van der Waals surface area contributed by atoms with E-state index < -0.39 is 0 Å². The highest BCUT2D eigenvalue weighted by Crippen LogP contribution is 2.28. The largest absolute Gasteiger partial charge is 0.483 e. The standard InChI is InChI=1S/C18H21NO2/c1-3-14(2)16-11-7-8-12-17(16)21-13-18(20)19-15-9-5-4-6-10-15/h4-12,14H,3,13H2,1-2H3,(H,19,20). The van der Waals surface area contributed by atoms with Crippen LogP contribution in [0.3, 0.4) is 0 Å². The second-order valence-corrected chi connectivity index (χ2v) is 5.05. The van der Waals surface area contributed by atoms with E-state index in [4.69, 9.17) is 4.74 Å². The molecule has 1 unspecified atom stereocenters. The van der Waals surface area contributed by atoms with E-state index in [1.54, 1.807) is 0 Å². The topological polar surface area (TPSA) is 38.3 Å². The molecule has 0 saturated heterocycles. The van der Waals surface area contributed by atoms with Gasteiger partial charge < -0.3 is 10.1 Å². The molecule has 0 aliphatic rings. The Labute approximate surface area is 126 Å². The molecule has 0 bridgehead atoms. The highest BCUT2D eigenvalue weighted by Gasteiger charge is 2.11. The number of carbonyl (C=O) groups is 1. The first-order valence-electron chi connectivity index (χ1n) is 7.27. The molecule has 3 nitrogen and oxygen atoms in total. The third-order valence-electron chi connectivity index (χ3n) is 3.48. The first-order valence-corrected chi connectivity index (χ1v) is 7.27. The maximum absolute atomic E-state index is 11.9. The number of nitrogens with one attached hydrogen (secondary N) is 1. The number of benzene rings is 2. The lowest BCUT2D eigenvalue weighted by molar-refractivity contribution is -0.118. The van der Waals surface area contributed by atoms with Gasteiger partial charge in [0.05, 0.1) is 0 Å². The molecule has 0 spiro atoms. The third kappa shape index (κ3) is 4.35. The predicted octanol–water partition coefficient (Wildman–Crippen LogP) is 4.22. The number of hydrogen-bond acceptors (Lipinski definition) is 2. The van der Waals surface area contributed by atoms with Gasteiger partial charge in [-0.3, -0.25) is 4.79 Å². The fraction of sp³-hybridized carbons (Fsp3) is 0.278. The number of anilines is 1. The molecule has 1 N–H and O–H groups in total. The van der Waals surface area contributed by atoms with Gasteiger partial charge >= 0.3 is 0 Å². The van der Waals surface area contributed by atoms with E-state index in [2.05, 4.69) is 25.2 Å². The van der Waals surface area contributed by atoms with Gasteiger partial charge in [-0.2, -0.15) is 0 Å². The maximum Gasteiger partial charge on any atom is 0.262 e. The van der Waals surface area contributed by atoms with E-state index in [1.165, 1.54) is 0 Å². The van der Waals surface area contributed by atoms with Crippen molar-refractivity contribution in [3.8, 4) is 5.75 Å².